The summed E-state index contributed by atoms with van der Waals surface area (Å²) in [6.45, 7) is 0.182. The summed E-state index contributed by atoms with van der Waals surface area (Å²) in [6, 6.07) is 14.5. The molecule has 0 aromatic heterocycles. The maximum atomic E-state index is 13.3. The average molecular weight is 427 g/mol. The average Bonchev–Trinajstić information content (AvgIpc) is 2.78. The van der Waals surface area contributed by atoms with Crippen LogP contribution < -0.4 is 20.3 Å². The molecule has 0 spiro atoms. The van der Waals surface area contributed by atoms with Gasteiger partial charge in [-0.15, -0.1) is 0 Å². The van der Waals surface area contributed by atoms with Gasteiger partial charge in [0, 0.05) is 24.3 Å². The summed E-state index contributed by atoms with van der Waals surface area (Å²) < 4.78 is 10.7. The second kappa shape index (κ2) is 9.40. The van der Waals surface area contributed by atoms with Crippen molar-refractivity contribution in [2.75, 3.05) is 21.3 Å². The molecule has 0 aliphatic carbocycles. The third kappa shape index (κ3) is 4.41. The molecule has 1 atom stereocenters. The number of amides is 2. The van der Waals surface area contributed by atoms with Crippen LogP contribution in [0.5, 0.6) is 11.5 Å². The molecular weight excluding hydrogens is 402 g/mol. The Hall–Kier alpha value is -3.72. The molecule has 2 aromatic carbocycles. The zero-order valence-corrected chi connectivity index (χ0v) is 17.5. The lowest BCUT2D eigenvalue weighted by atomic mass is 9.78. The molecule has 0 radical (unpaired) electrons. The summed E-state index contributed by atoms with van der Waals surface area (Å²) in [5.74, 6) is 0.803. The number of hydroxylamine groups is 1. The molecule has 31 heavy (non-hydrogen) atoms. The van der Waals surface area contributed by atoms with Gasteiger partial charge >= 0.3 is 6.09 Å². The molecule has 1 aliphatic heterocycles. The maximum Gasteiger partial charge on any atom is 0.405 e. The molecule has 2 amide bonds. The van der Waals surface area contributed by atoms with Crippen molar-refractivity contribution in [1.82, 2.24) is 15.7 Å². The van der Waals surface area contributed by atoms with E-state index in [-0.39, 0.29) is 18.9 Å². The minimum atomic E-state index is -1.45. The van der Waals surface area contributed by atoms with Crippen LogP contribution in [0, 0.1) is 0 Å². The second-order valence-electron chi connectivity index (χ2n) is 6.92. The van der Waals surface area contributed by atoms with Gasteiger partial charge in [0.2, 0.25) is 0 Å². The summed E-state index contributed by atoms with van der Waals surface area (Å²) in [5, 5.41) is 11.9. The topological polar surface area (TPSA) is 109 Å². The first-order chi connectivity index (χ1) is 14.9. The predicted molar refractivity (Wildman–Crippen MR) is 112 cm³/mol. The first-order valence-corrected chi connectivity index (χ1v) is 9.52. The van der Waals surface area contributed by atoms with Gasteiger partial charge in [-0.05, 0) is 17.7 Å². The summed E-state index contributed by atoms with van der Waals surface area (Å²) in [5.41, 5.74) is 3.15. The number of likely N-dealkylation sites (tertiary alicyclic amines) is 1. The highest BCUT2D eigenvalue weighted by Crippen LogP contribution is 2.40. The largest absolute Gasteiger partial charge is 0.497 e. The number of ether oxygens (including phenoxy) is 2. The van der Waals surface area contributed by atoms with Crippen molar-refractivity contribution in [1.29, 1.82) is 0 Å². The molecule has 0 bridgehead atoms. The molecule has 1 unspecified atom stereocenters. The monoisotopic (exact) mass is 427 g/mol. The molecule has 1 aliphatic rings. The molecule has 1 fully saturated rings. The van der Waals surface area contributed by atoms with E-state index >= 15 is 0 Å². The van der Waals surface area contributed by atoms with Gasteiger partial charge in [0.1, 0.15) is 11.5 Å². The van der Waals surface area contributed by atoms with E-state index in [9.17, 15) is 14.7 Å². The van der Waals surface area contributed by atoms with Crippen LogP contribution in [-0.4, -0.2) is 48.9 Å². The van der Waals surface area contributed by atoms with Crippen molar-refractivity contribution in [3.8, 4) is 11.5 Å². The molecule has 3 rings (SSSR count). The smallest absolute Gasteiger partial charge is 0.405 e. The Morgan fingerprint density at radius 2 is 1.87 bits per heavy atom. The van der Waals surface area contributed by atoms with Gasteiger partial charge in [0.05, 0.1) is 33.6 Å². The van der Waals surface area contributed by atoms with Crippen molar-refractivity contribution in [3.05, 3.63) is 71.6 Å². The van der Waals surface area contributed by atoms with Gasteiger partial charge < -0.3 is 24.8 Å². The molecule has 0 saturated carbocycles. The Morgan fingerprint density at radius 3 is 2.48 bits per heavy atom. The van der Waals surface area contributed by atoms with Crippen LogP contribution in [-0.2, 0) is 22.6 Å². The number of nitrogens with zero attached hydrogens (tertiary/aromatic N) is 1. The van der Waals surface area contributed by atoms with Gasteiger partial charge in [-0.25, -0.2) is 4.79 Å². The van der Waals surface area contributed by atoms with Crippen molar-refractivity contribution in [2.24, 2.45) is 0 Å². The van der Waals surface area contributed by atoms with E-state index in [1.807, 2.05) is 30.3 Å². The minimum Gasteiger partial charge on any atom is -0.497 e. The lowest BCUT2D eigenvalue weighted by molar-refractivity contribution is -0.146. The Bertz CT molecular complexity index is 978. The van der Waals surface area contributed by atoms with Crippen molar-refractivity contribution in [3.63, 3.8) is 0 Å². The van der Waals surface area contributed by atoms with Crippen LogP contribution in [0.3, 0.4) is 0 Å². The normalized spacial score (nSPS) is 19.0. The van der Waals surface area contributed by atoms with E-state index < -0.39 is 11.6 Å². The molecule has 1 saturated heterocycles. The Kier molecular flexibility index (Phi) is 6.66. The van der Waals surface area contributed by atoms with E-state index in [1.165, 1.54) is 25.3 Å². The minimum absolute atomic E-state index is 0.159. The van der Waals surface area contributed by atoms with Crippen LogP contribution in [0.25, 0.3) is 0 Å². The summed E-state index contributed by atoms with van der Waals surface area (Å²) in [6.07, 6.45) is 0.345. The number of nitrogens with one attached hydrogen (secondary N) is 2. The molecular formula is C22H25N3O6. The third-order valence-corrected chi connectivity index (χ3v) is 5.11. The first-order valence-electron chi connectivity index (χ1n) is 9.52. The fourth-order valence-corrected chi connectivity index (χ4v) is 3.66. The predicted octanol–water partition coefficient (Wildman–Crippen LogP) is 2.29. The van der Waals surface area contributed by atoms with E-state index in [1.54, 1.807) is 25.3 Å². The van der Waals surface area contributed by atoms with Crippen LogP contribution in [0.4, 0.5) is 4.79 Å². The fourth-order valence-electron chi connectivity index (χ4n) is 3.66. The van der Waals surface area contributed by atoms with E-state index in [0.29, 0.717) is 17.2 Å². The van der Waals surface area contributed by atoms with Gasteiger partial charge in [-0.1, -0.05) is 30.3 Å². The maximum absolute atomic E-state index is 13.3. The molecule has 1 heterocycles. The standard InChI is InChI=1S/C22H25N3O6/c1-29-17-10-9-16(18(11-17)30-2)14-25-19(13-23-31-3)22(20(25)26,24-21(27)28)12-15-7-5-4-6-8-15/h4-11,13,23-24H,12,14H2,1-3H3,(H,27,28). The van der Waals surface area contributed by atoms with Crippen LogP contribution in [0.1, 0.15) is 11.1 Å². The molecule has 164 valence electrons. The second-order valence-corrected chi connectivity index (χ2v) is 6.92. The van der Waals surface area contributed by atoms with Gasteiger partial charge in [0.25, 0.3) is 5.91 Å². The fraction of sp³-hybridized carbons (Fsp3) is 0.273. The van der Waals surface area contributed by atoms with E-state index in [2.05, 4.69) is 10.8 Å². The van der Waals surface area contributed by atoms with Crippen molar-refractivity contribution < 1.29 is 29.0 Å². The van der Waals surface area contributed by atoms with Gasteiger partial charge in [-0.3, -0.25) is 15.1 Å². The SMILES string of the molecule is CONC=C1N(Cc2ccc(OC)cc2OC)C(=O)C1(Cc1ccccc1)NC(=O)O. The van der Waals surface area contributed by atoms with Crippen LogP contribution >= 0.6 is 0 Å². The summed E-state index contributed by atoms with van der Waals surface area (Å²) in [7, 11) is 4.52. The summed E-state index contributed by atoms with van der Waals surface area (Å²) >= 11 is 0. The quantitative estimate of drug-likeness (QED) is 0.416. The van der Waals surface area contributed by atoms with Crippen molar-refractivity contribution >= 4 is 12.0 Å². The Balaban J connectivity index is 1.97. The molecule has 9 nitrogen and oxygen atoms in total. The number of carboxylic acid groups (broad SMARTS) is 1. The van der Waals surface area contributed by atoms with Gasteiger partial charge in [-0.2, -0.15) is 0 Å². The van der Waals surface area contributed by atoms with Crippen molar-refractivity contribution in [2.45, 2.75) is 18.5 Å². The Morgan fingerprint density at radius 1 is 1.13 bits per heavy atom. The number of hydrogen-bond acceptors (Lipinski definition) is 6. The molecule has 9 heteroatoms. The number of carbonyl (C=O) groups is 2. The van der Waals surface area contributed by atoms with Crippen LogP contribution in [0.2, 0.25) is 0 Å². The van der Waals surface area contributed by atoms with Gasteiger partial charge in [0.15, 0.2) is 5.54 Å². The lowest BCUT2D eigenvalue weighted by Crippen LogP contribution is -2.73. The zero-order chi connectivity index (χ0) is 22.4. The number of methoxy groups -OCH3 is 2. The first kappa shape index (κ1) is 22.0. The lowest BCUT2D eigenvalue weighted by Gasteiger charge is -2.50. The highest BCUT2D eigenvalue weighted by Gasteiger charge is 2.58. The number of rotatable bonds is 9. The highest BCUT2D eigenvalue weighted by molar-refractivity contribution is 6.02. The number of benzene rings is 2. The summed E-state index contributed by atoms with van der Waals surface area (Å²) in [4.78, 5) is 31.4. The molecule has 2 aromatic rings. The Labute approximate surface area is 180 Å². The number of carbonyl (C=O) groups excluding carboxylic acids is 1. The van der Waals surface area contributed by atoms with E-state index in [4.69, 9.17) is 14.3 Å². The molecule has 3 N–H and O–H groups in total. The number of β-lactam (4-membered cyclic amide) rings is 1. The third-order valence-electron chi connectivity index (χ3n) is 5.11. The number of hydrogen-bond donors (Lipinski definition) is 3. The highest BCUT2D eigenvalue weighted by atomic mass is 16.6. The zero-order valence-electron chi connectivity index (χ0n) is 17.5. The van der Waals surface area contributed by atoms with E-state index in [0.717, 1.165) is 11.1 Å². The van der Waals surface area contributed by atoms with Crippen LogP contribution in [0.15, 0.2) is 60.4 Å².